The van der Waals surface area contributed by atoms with E-state index in [1.807, 2.05) is 33.8 Å². The summed E-state index contributed by atoms with van der Waals surface area (Å²) in [6, 6.07) is 10.5. The molecule has 6 rings (SSSR count). The van der Waals surface area contributed by atoms with Gasteiger partial charge in [-0.1, -0.05) is 61.5 Å². The van der Waals surface area contributed by atoms with E-state index in [1.165, 1.54) is 39.8 Å². The van der Waals surface area contributed by atoms with Crippen molar-refractivity contribution in [2.45, 2.75) is 161 Å². The molecule has 1 heterocycles. The summed E-state index contributed by atoms with van der Waals surface area (Å²) in [6.45, 7) is 13.5. The highest BCUT2D eigenvalue weighted by Gasteiger charge is 2.48. The first-order valence-electron chi connectivity index (χ1n) is 22.5. The Hall–Kier alpha value is -4.43. The number of benzene rings is 3. The fourth-order valence-electron chi connectivity index (χ4n) is 6.92. The highest BCUT2D eigenvalue weighted by Crippen LogP contribution is 2.46. The Morgan fingerprint density at radius 1 is 0.493 bits per heavy atom. The highest BCUT2D eigenvalue weighted by atomic mass is 32.2. The number of methoxy groups -OCH3 is 2. The van der Waals surface area contributed by atoms with Gasteiger partial charge in [-0.3, -0.25) is 0 Å². The molecular formula is C49H53F18NO5S2. The van der Waals surface area contributed by atoms with Crippen molar-refractivity contribution in [3.8, 4) is 0 Å². The van der Waals surface area contributed by atoms with Gasteiger partial charge in [-0.2, -0.15) is 79.0 Å². The average Bonchev–Trinajstić information content (AvgIpc) is 4.22. The van der Waals surface area contributed by atoms with Crippen molar-refractivity contribution in [3.63, 3.8) is 0 Å². The summed E-state index contributed by atoms with van der Waals surface area (Å²) >= 11 is 0. The number of sulfone groups is 1. The molecule has 2 fully saturated rings. The van der Waals surface area contributed by atoms with Gasteiger partial charge < -0.3 is 9.47 Å². The lowest BCUT2D eigenvalue weighted by molar-refractivity contribution is -0.141. The van der Waals surface area contributed by atoms with Gasteiger partial charge >= 0.3 is 35.7 Å². The number of nitrogens with zero attached hydrogens (tertiary/aromatic N) is 1. The van der Waals surface area contributed by atoms with E-state index < -0.39 is 100 Å². The van der Waals surface area contributed by atoms with Gasteiger partial charge in [0, 0.05) is 36.6 Å². The monoisotopic (exact) mass is 1140 g/mol. The number of hydrogen-bond donors (Lipinski definition) is 0. The molecule has 0 amide bonds. The molecule has 0 N–H and O–H groups in total. The predicted octanol–water partition coefficient (Wildman–Crippen LogP) is 16.6. The molecule has 0 bridgehead atoms. The van der Waals surface area contributed by atoms with Crippen LogP contribution in [0, 0.1) is 0 Å². The Labute approximate surface area is 424 Å². The van der Waals surface area contributed by atoms with Crippen LogP contribution in [-0.2, 0) is 54.8 Å². The minimum absolute atomic E-state index is 0.00525. The fraction of sp³-hybridized carbons (Fsp3) is 0.531. The maximum atomic E-state index is 12.8. The van der Waals surface area contributed by atoms with Crippen molar-refractivity contribution in [1.82, 2.24) is 4.98 Å². The van der Waals surface area contributed by atoms with Gasteiger partial charge in [-0.15, -0.1) is 0 Å². The van der Waals surface area contributed by atoms with Crippen LogP contribution in [0.5, 0.6) is 0 Å². The minimum atomic E-state index is -5.82. The van der Waals surface area contributed by atoms with E-state index in [0.717, 1.165) is 42.2 Å². The third-order valence-corrected chi connectivity index (χ3v) is 14.1. The molecule has 75 heavy (non-hydrogen) atoms. The molecule has 0 spiro atoms. The van der Waals surface area contributed by atoms with Gasteiger partial charge in [0.05, 0.1) is 33.8 Å². The Bertz CT molecular complexity index is 2620. The van der Waals surface area contributed by atoms with Gasteiger partial charge in [0.25, 0.3) is 9.84 Å². The minimum Gasteiger partial charge on any atom is -0.381 e. The van der Waals surface area contributed by atoms with Crippen LogP contribution in [0.3, 0.4) is 0 Å². The van der Waals surface area contributed by atoms with Crippen molar-refractivity contribution in [1.29, 1.82) is 0 Å². The Morgan fingerprint density at radius 2 is 0.880 bits per heavy atom. The summed E-state index contributed by atoms with van der Waals surface area (Å²) in [5, 5.41) is 0. The Kier molecular flexibility index (Phi) is 20.8. The van der Waals surface area contributed by atoms with E-state index in [4.69, 9.17) is 9.47 Å². The van der Waals surface area contributed by atoms with E-state index in [0.29, 0.717) is 23.4 Å². The molecule has 2 saturated carbocycles. The number of pyridine rings is 1. The zero-order chi connectivity index (χ0) is 57.9. The summed E-state index contributed by atoms with van der Waals surface area (Å²) < 4.78 is 271. The van der Waals surface area contributed by atoms with Crippen LogP contribution in [-0.4, -0.2) is 55.1 Å². The van der Waals surface area contributed by atoms with Crippen LogP contribution < -0.4 is 0 Å². The standard InChI is InChI=1S/C14H17F3O.C13H16F3NO.C11H10F6O2S.C11H10F6OS/c1-8(2)9-4-10(12-7-13(12)18-3)6-11(5-9)14(15,16)17;1-7(2)8-4-10(9-6-11(9)18-3)17-12(5-8)13(14,15)16;1-6(2)7-3-8(10(12,13)14)5-9(4-7)20(18,19)11(15,16)17;1-6(2)7-3-8(10(12,13)14)5-9(4-7)19(18)11(15,16)17/h4-6,8,12-13H,7H2,1-3H3;4-5,7,9,11H,6H2,1-3H3;3-6H,1-2H3;3-6H,1-2H3. The number of aromatic nitrogens is 1. The Balaban J connectivity index is 0.000000264. The molecule has 0 radical (unpaired) electrons. The lowest BCUT2D eigenvalue weighted by Crippen LogP contribution is -2.24. The zero-order valence-electron chi connectivity index (χ0n) is 41.5. The summed E-state index contributed by atoms with van der Waals surface area (Å²) in [5.41, 5.74) is -12.2. The van der Waals surface area contributed by atoms with Crippen molar-refractivity contribution in [2.24, 2.45) is 0 Å². The molecule has 2 aliphatic carbocycles. The van der Waals surface area contributed by atoms with Crippen molar-refractivity contribution in [3.05, 3.63) is 123 Å². The second-order valence-corrected chi connectivity index (χ2v) is 22.1. The lowest BCUT2D eigenvalue weighted by Gasteiger charge is -2.15. The van der Waals surface area contributed by atoms with Crippen LogP contribution in [0.15, 0.2) is 76.5 Å². The van der Waals surface area contributed by atoms with Crippen molar-refractivity contribution in [2.75, 3.05) is 14.2 Å². The molecular weight excluding hydrogens is 1090 g/mol. The van der Waals surface area contributed by atoms with Gasteiger partial charge in [0.15, 0.2) is 10.8 Å². The van der Waals surface area contributed by atoms with Crippen LogP contribution >= 0.6 is 0 Å². The molecule has 5 atom stereocenters. The molecule has 4 aromatic rings. The van der Waals surface area contributed by atoms with Crippen LogP contribution in [0.1, 0.15) is 160 Å². The SMILES string of the molecule is CC(C)c1cc(C(F)(F)F)cc(S(=O)(=O)C(F)(F)F)c1.CC(C)c1cc(S(=O)C(F)(F)F)cc(C(F)(F)F)c1.COC1CC1c1cc(C(C)C)cc(C(F)(F)F)c1.COC1CC1c1cc(C(C)C)cc(C(F)(F)F)n1. The number of hydrogen-bond acceptors (Lipinski definition) is 6. The first kappa shape index (κ1) is 64.9. The lowest BCUT2D eigenvalue weighted by atomic mass is 9.95. The molecule has 26 heteroatoms. The fourth-order valence-corrected chi connectivity index (χ4v) is 8.51. The first-order chi connectivity index (χ1) is 33.8. The molecule has 0 aliphatic heterocycles. The third-order valence-electron chi connectivity index (χ3n) is 11.6. The summed E-state index contributed by atoms with van der Waals surface area (Å²) in [5.74, 6) is -0.700. The summed E-state index contributed by atoms with van der Waals surface area (Å²) in [6.07, 6.45) is -16.7. The quantitative estimate of drug-likeness (QED) is 0.147. The molecule has 6 nitrogen and oxygen atoms in total. The highest BCUT2D eigenvalue weighted by molar-refractivity contribution is 7.92. The maximum absolute atomic E-state index is 12.8. The van der Waals surface area contributed by atoms with E-state index in [-0.39, 0.29) is 59.1 Å². The Morgan fingerprint density at radius 3 is 1.25 bits per heavy atom. The first-order valence-corrected chi connectivity index (χ1v) is 25.1. The van der Waals surface area contributed by atoms with E-state index in [1.54, 1.807) is 20.3 Å². The maximum Gasteiger partial charge on any atom is 0.501 e. The van der Waals surface area contributed by atoms with Crippen molar-refractivity contribution < 1.29 is 101 Å². The molecule has 1 aromatic heterocycles. The predicted molar refractivity (Wildman–Crippen MR) is 242 cm³/mol. The molecule has 2 aliphatic rings. The van der Waals surface area contributed by atoms with Crippen LogP contribution in [0.2, 0.25) is 0 Å². The summed E-state index contributed by atoms with van der Waals surface area (Å²) in [7, 11) is -6.12. The smallest absolute Gasteiger partial charge is 0.381 e. The molecule has 0 saturated heterocycles. The summed E-state index contributed by atoms with van der Waals surface area (Å²) in [4.78, 5) is 1.46. The topological polar surface area (TPSA) is 82.6 Å². The number of halogens is 18. The largest absolute Gasteiger partial charge is 0.501 e. The van der Waals surface area contributed by atoms with Crippen LogP contribution in [0.4, 0.5) is 79.0 Å². The second kappa shape index (κ2) is 24.1. The van der Waals surface area contributed by atoms with E-state index >= 15 is 0 Å². The zero-order valence-corrected chi connectivity index (χ0v) is 43.1. The molecule has 5 unspecified atom stereocenters. The van der Waals surface area contributed by atoms with E-state index in [2.05, 4.69) is 4.98 Å². The molecule has 3 aromatic carbocycles. The normalized spacial score (nSPS) is 18.7. The van der Waals surface area contributed by atoms with Gasteiger partial charge in [-0.25, -0.2) is 17.6 Å². The number of rotatable bonds is 10. The van der Waals surface area contributed by atoms with Crippen LogP contribution in [0.25, 0.3) is 0 Å². The second-order valence-electron chi connectivity index (χ2n) is 18.7. The number of alkyl halides is 18. The average molecular weight is 1140 g/mol. The van der Waals surface area contributed by atoms with Crippen molar-refractivity contribution >= 4 is 20.6 Å². The van der Waals surface area contributed by atoms with Gasteiger partial charge in [0.2, 0.25) is 0 Å². The molecule has 422 valence electrons. The number of ether oxygens (including phenoxy) is 2. The van der Waals surface area contributed by atoms with Gasteiger partial charge in [-0.05, 0) is 125 Å². The third kappa shape index (κ3) is 18.1. The van der Waals surface area contributed by atoms with Gasteiger partial charge in [0.1, 0.15) is 5.69 Å². The van der Waals surface area contributed by atoms with E-state index in [9.17, 15) is 91.7 Å².